The second-order valence-corrected chi connectivity index (χ2v) is 5.76. The highest BCUT2D eigenvalue weighted by Gasteiger charge is 2.25. The standard InChI is InChI=1S/C18H18N2O/c1-20-9-5-8-16(20)18-11-15-17(21-18)10-14(12-19-15)13-6-3-2-4-7-13/h2-4,6-7,10-12,16H,5,8-9H2,1H3. The molecule has 4 rings (SSSR count). The van der Waals surface area contributed by atoms with Crippen LogP contribution in [0.2, 0.25) is 0 Å². The molecule has 0 aliphatic carbocycles. The monoisotopic (exact) mass is 278 g/mol. The molecule has 1 aliphatic heterocycles. The van der Waals surface area contributed by atoms with Gasteiger partial charge in [-0.1, -0.05) is 30.3 Å². The normalized spacial score (nSPS) is 19.4. The lowest BCUT2D eigenvalue weighted by atomic mass is 10.1. The van der Waals surface area contributed by atoms with E-state index in [2.05, 4.69) is 41.2 Å². The average molecular weight is 278 g/mol. The molecule has 1 saturated heterocycles. The zero-order valence-corrected chi connectivity index (χ0v) is 12.1. The summed E-state index contributed by atoms with van der Waals surface area (Å²) in [4.78, 5) is 6.92. The molecule has 2 aromatic heterocycles. The van der Waals surface area contributed by atoms with Crippen molar-refractivity contribution in [1.29, 1.82) is 0 Å². The van der Waals surface area contributed by atoms with Crippen LogP contribution >= 0.6 is 0 Å². The molecule has 0 amide bonds. The highest BCUT2D eigenvalue weighted by atomic mass is 16.3. The SMILES string of the molecule is CN1CCCC1c1cc2ncc(-c3ccccc3)cc2o1. The third-order valence-electron chi connectivity index (χ3n) is 4.34. The summed E-state index contributed by atoms with van der Waals surface area (Å²) in [6, 6.07) is 14.9. The fourth-order valence-electron chi connectivity index (χ4n) is 3.16. The Morgan fingerprint density at radius 1 is 1.14 bits per heavy atom. The molecule has 1 unspecified atom stereocenters. The van der Waals surface area contributed by atoms with E-state index in [9.17, 15) is 0 Å². The Labute approximate surface area is 124 Å². The van der Waals surface area contributed by atoms with E-state index >= 15 is 0 Å². The van der Waals surface area contributed by atoms with Crippen LogP contribution in [0.25, 0.3) is 22.2 Å². The number of fused-ring (bicyclic) bond motifs is 1. The fraction of sp³-hybridized carbons (Fsp3) is 0.278. The fourth-order valence-corrected chi connectivity index (χ4v) is 3.16. The van der Waals surface area contributed by atoms with Gasteiger partial charge in [0.25, 0.3) is 0 Å². The molecule has 1 fully saturated rings. The zero-order valence-electron chi connectivity index (χ0n) is 12.1. The first-order valence-corrected chi connectivity index (χ1v) is 7.46. The molecule has 3 heterocycles. The molecule has 0 spiro atoms. The molecule has 1 aromatic carbocycles. The second-order valence-electron chi connectivity index (χ2n) is 5.76. The Bertz CT molecular complexity index is 763. The lowest BCUT2D eigenvalue weighted by Crippen LogP contribution is -2.16. The lowest BCUT2D eigenvalue weighted by molar-refractivity contribution is 0.281. The smallest absolute Gasteiger partial charge is 0.153 e. The van der Waals surface area contributed by atoms with Crippen LogP contribution in [0.1, 0.15) is 24.6 Å². The van der Waals surface area contributed by atoms with Crippen molar-refractivity contribution in [3.05, 3.63) is 54.4 Å². The van der Waals surface area contributed by atoms with E-state index in [0.717, 1.165) is 29.0 Å². The number of hydrogen-bond donors (Lipinski definition) is 0. The Morgan fingerprint density at radius 2 is 2.00 bits per heavy atom. The van der Waals surface area contributed by atoms with Gasteiger partial charge in [-0.25, -0.2) is 0 Å². The highest BCUT2D eigenvalue weighted by Crippen LogP contribution is 2.34. The molecule has 21 heavy (non-hydrogen) atoms. The number of rotatable bonds is 2. The van der Waals surface area contributed by atoms with Crippen LogP contribution in [-0.2, 0) is 0 Å². The summed E-state index contributed by atoms with van der Waals surface area (Å²) in [7, 11) is 2.16. The van der Waals surface area contributed by atoms with E-state index in [1.54, 1.807) is 0 Å². The maximum absolute atomic E-state index is 6.08. The van der Waals surface area contributed by atoms with Crippen LogP contribution in [0.15, 0.2) is 53.1 Å². The van der Waals surface area contributed by atoms with Crippen molar-refractivity contribution >= 4 is 11.1 Å². The molecule has 0 N–H and O–H groups in total. The van der Waals surface area contributed by atoms with Gasteiger partial charge in [0.05, 0.1) is 6.04 Å². The summed E-state index contributed by atoms with van der Waals surface area (Å²) in [5.74, 6) is 1.04. The molecule has 0 radical (unpaired) electrons. The van der Waals surface area contributed by atoms with Gasteiger partial charge in [0.1, 0.15) is 11.3 Å². The van der Waals surface area contributed by atoms with Gasteiger partial charge in [-0.3, -0.25) is 9.88 Å². The molecule has 106 valence electrons. The van der Waals surface area contributed by atoms with Gasteiger partial charge in [0.2, 0.25) is 0 Å². The number of likely N-dealkylation sites (tertiary alicyclic amines) is 1. The summed E-state index contributed by atoms with van der Waals surface area (Å²) >= 11 is 0. The van der Waals surface area contributed by atoms with Gasteiger partial charge in [-0.15, -0.1) is 0 Å². The van der Waals surface area contributed by atoms with Crippen molar-refractivity contribution in [2.24, 2.45) is 0 Å². The Balaban J connectivity index is 1.75. The molecular weight excluding hydrogens is 260 g/mol. The van der Waals surface area contributed by atoms with Crippen LogP contribution in [0.3, 0.4) is 0 Å². The summed E-state index contributed by atoms with van der Waals surface area (Å²) in [5.41, 5.74) is 4.10. The molecule has 1 atom stereocenters. The van der Waals surface area contributed by atoms with Crippen LogP contribution in [0, 0.1) is 0 Å². The minimum absolute atomic E-state index is 0.402. The third-order valence-corrected chi connectivity index (χ3v) is 4.34. The topological polar surface area (TPSA) is 29.3 Å². The summed E-state index contributed by atoms with van der Waals surface area (Å²) < 4.78 is 6.08. The van der Waals surface area contributed by atoms with E-state index in [1.165, 1.54) is 18.4 Å². The first-order valence-electron chi connectivity index (χ1n) is 7.46. The van der Waals surface area contributed by atoms with Gasteiger partial charge in [-0.05, 0) is 38.1 Å². The summed E-state index contributed by atoms with van der Waals surface area (Å²) in [5, 5.41) is 0. The first kappa shape index (κ1) is 12.6. The maximum Gasteiger partial charge on any atom is 0.153 e. The highest BCUT2D eigenvalue weighted by molar-refractivity contribution is 5.79. The van der Waals surface area contributed by atoms with Gasteiger partial charge in [0, 0.05) is 17.8 Å². The zero-order chi connectivity index (χ0) is 14.2. The Kier molecular flexibility index (Phi) is 3.00. The van der Waals surface area contributed by atoms with Crippen molar-refractivity contribution in [3.8, 4) is 11.1 Å². The van der Waals surface area contributed by atoms with E-state index < -0.39 is 0 Å². The number of benzene rings is 1. The van der Waals surface area contributed by atoms with E-state index in [1.807, 2.05) is 24.4 Å². The van der Waals surface area contributed by atoms with Crippen molar-refractivity contribution in [2.45, 2.75) is 18.9 Å². The number of furan rings is 1. The quantitative estimate of drug-likeness (QED) is 0.701. The second kappa shape index (κ2) is 5.01. The number of nitrogens with zero attached hydrogens (tertiary/aromatic N) is 2. The van der Waals surface area contributed by atoms with Gasteiger partial charge in [0.15, 0.2) is 5.58 Å². The van der Waals surface area contributed by atoms with Gasteiger partial charge < -0.3 is 4.42 Å². The first-order chi connectivity index (χ1) is 10.3. The molecule has 0 saturated carbocycles. The van der Waals surface area contributed by atoms with Gasteiger partial charge >= 0.3 is 0 Å². The van der Waals surface area contributed by atoms with Crippen LogP contribution in [0.4, 0.5) is 0 Å². The Morgan fingerprint density at radius 3 is 2.76 bits per heavy atom. The van der Waals surface area contributed by atoms with Crippen molar-refractivity contribution in [1.82, 2.24) is 9.88 Å². The van der Waals surface area contributed by atoms with Crippen LogP contribution < -0.4 is 0 Å². The lowest BCUT2D eigenvalue weighted by Gasteiger charge is -2.16. The van der Waals surface area contributed by atoms with Crippen molar-refractivity contribution < 1.29 is 4.42 Å². The van der Waals surface area contributed by atoms with Crippen molar-refractivity contribution in [3.63, 3.8) is 0 Å². The summed E-state index contributed by atoms with van der Waals surface area (Å²) in [6.45, 7) is 1.14. The minimum Gasteiger partial charge on any atom is -0.458 e. The minimum atomic E-state index is 0.402. The van der Waals surface area contributed by atoms with E-state index in [0.29, 0.717) is 6.04 Å². The van der Waals surface area contributed by atoms with Crippen molar-refractivity contribution in [2.75, 3.05) is 13.6 Å². The van der Waals surface area contributed by atoms with E-state index in [-0.39, 0.29) is 0 Å². The predicted octanol–water partition coefficient (Wildman–Crippen LogP) is 4.26. The number of pyridine rings is 1. The van der Waals surface area contributed by atoms with E-state index in [4.69, 9.17) is 4.42 Å². The van der Waals surface area contributed by atoms with Gasteiger partial charge in [-0.2, -0.15) is 0 Å². The molecular formula is C18H18N2O. The molecule has 3 nitrogen and oxygen atoms in total. The van der Waals surface area contributed by atoms with Crippen LogP contribution in [-0.4, -0.2) is 23.5 Å². The predicted molar refractivity (Wildman–Crippen MR) is 84.1 cm³/mol. The molecule has 3 aromatic rings. The number of aromatic nitrogens is 1. The molecule has 1 aliphatic rings. The summed E-state index contributed by atoms with van der Waals surface area (Å²) in [6.07, 6.45) is 4.33. The molecule has 0 bridgehead atoms. The van der Waals surface area contributed by atoms with Crippen LogP contribution in [0.5, 0.6) is 0 Å². The third kappa shape index (κ3) is 2.24. The largest absolute Gasteiger partial charge is 0.458 e. The Hall–Kier alpha value is -2.13. The maximum atomic E-state index is 6.08. The molecule has 3 heteroatoms. The number of hydrogen-bond acceptors (Lipinski definition) is 3. The average Bonchev–Trinajstić information content (AvgIpc) is 3.12.